The second kappa shape index (κ2) is 28.2. The molecular formula is C34H61N2O4S+. The number of ether oxygens (including phenoxy) is 2. The van der Waals surface area contributed by atoms with Gasteiger partial charge < -0.3 is 14.8 Å². The molecule has 0 aromatic carbocycles. The number of unbranched alkanes of at least 4 members (excludes halogenated alkanes) is 19. The van der Waals surface area contributed by atoms with Gasteiger partial charge in [-0.05, 0) is 24.8 Å². The first kappa shape index (κ1) is 37.1. The molecule has 6 nitrogen and oxygen atoms in total. The fourth-order valence-corrected chi connectivity index (χ4v) is 5.49. The second-order valence-corrected chi connectivity index (χ2v) is 12.3. The van der Waals surface area contributed by atoms with Crippen LogP contribution in [0.4, 0.5) is 4.79 Å². The molecule has 0 spiro atoms. The van der Waals surface area contributed by atoms with E-state index in [-0.39, 0.29) is 19.2 Å². The lowest BCUT2D eigenvalue weighted by atomic mass is 10.0. The first-order valence-electron chi connectivity index (χ1n) is 16.8. The number of amides is 1. The summed E-state index contributed by atoms with van der Waals surface area (Å²) in [6.07, 6.45) is 28.8. The predicted octanol–water partition coefficient (Wildman–Crippen LogP) is 9.46. The van der Waals surface area contributed by atoms with Crippen LogP contribution in [0.1, 0.15) is 148 Å². The van der Waals surface area contributed by atoms with Crippen molar-refractivity contribution in [3.63, 3.8) is 0 Å². The van der Waals surface area contributed by atoms with E-state index in [1.165, 1.54) is 103 Å². The van der Waals surface area contributed by atoms with Crippen LogP contribution in [0.25, 0.3) is 0 Å². The number of aryl methyl sites for hydroxylation is 1. The molecule has 0 radical (unpaired) electrons. The fourth-order valence-electron chi connectivity index (χ4n) is 4.86. The Kier molecular flexibility index (Phi) is 25.6. The van der Waals surface area contributed by atoms with Crippen molar-refractivity contribution in [2.24, 2.45) is 0 Å². The lowest BCUT2D eigenvalue weighted by Crippen LogP contribution is -2.29. The highest BCUT2D eigenvalue weighted by atomic mass is 32.1. The SMILES string of the molecule is C=C(COC(=O)CCCCCCC[n+]1ccsc1)COC(=O)NCCCCCCCCCCCCCCCCCC. The average molecular weight is 594 g/mol. The molecule has 1 aromatic heterocycles. The van der Waals surface area contributed by atoms with Gasteiger partial charge in [0.25, 0.3) is 0 Å². The average Bonchev–Trinajstić information content (AvgIpc) is 3.49. The van der Waals surface area contributed by atoms with Gasteiger partial charge in [0.15, 0.2) is 6.20 Å². The van der Waals surface area contributed by atoms with Gasteiger partial charge in [-0.1, -0.05) is 134 Å². The van der Waals surface area contributed by atoms with Crippen molar-refractivity contribution in [3.8, 4) is 0 Å². The molecule has 41 heavy (non-hydrogen) atoms. The Hall–Kier alpha value is -1.89. The number of hydrogen-bond acceptors (Lipinski definition) is 5. The van der Waals surface area contributed by atoms with Crippen molar-refractivity contribution >= 4 is 23.4 Å². The summed E-state index contributed by atoms with van der Waals surface area (Å²) in [6.45, 7) is 7.99. The summed E-state index contributed by atoms with van der Waals surface area (Å²) >= 11 is 1.71. The third kappa shape index (κ3) is 25.5. The van der Waals surface area contributed by atoms with Crippen LogP contribution in [0.5, 0.6) is 0 Å². The summed E-state index contributed by atoms with van der Waals surface area (Å²) in [6, 6.07) is 0. The maximum Gasteiger partial charge on any atom is 0.407 e. The molecule has 0 aliphatic heterocycles. The van der Waals surface area contributed by atoms with E-state index in [9.17, 15) is 9.59 Å². The maximum atomic E-state index is 11.9. The number of carbonyl (C=O) groups is 2. The molecule has 7 heteroatoms. The Morgan fingerprint density at radius 1 is 0.707 bits per heavy atom. The minimum absolute atomic E-state index is 0.0697. The monoisotopic (exact) mass is 593 g/mol. The first-order valence-corrected chi connectivity index (χ1v) is 17.7. The summed E-state index contributed by atoms with van der Waals surface area (Å²) in [7, 11) is 0. The van der Waals surface area contributed by atoms with Gasteiger partial charge in [0.05, 0.1) is 5.38 Å². The Morgan fingerprint density at radius 3 is 1.78 bits per heavy atom. The molecule has 1 amide bonds. The van der Waals surface area contributed by atoms with Crippen LogP contribution in [0.15, 0.2) is 29.2 Å². The van der Waals surface area contributed by atoms with Crippen molar-refractivity contribution in [2.75, 3.05) is 19.8 Å². The minimum atomic E-state index is -0.434. The van der Waals surface area contributed by atoms with Crippen LogP contribution in [-0.4, -0.2) is 31.8 Å². The van der Waals surface area contributed by atoms with Crippen LogP contribution >= 0.6 is 11.3 Å². The maximum absolute atomic E-state index is 11.9. The van der Waals surface area contributed by atoms with E-state index in [1.54, 1.807) is 11.3 Å². The molecule has 236 valence electrons. The molecule has 0 saturated heterocycles. The van der Waals surface area contributed by atoms with E-state index in [1.807, 2.05) is 0 Å². The number of nitrogens with zero attached hydrogens (tertiary/aromatic N) is 1. The van der Waals surface area contributed by atoms with Gasteiger partial charge in [-0.3, -0.25) is 4.79 Å². The summed E-state index contributed by atoms with van der Waals surface area (Å²) in [5, 5.41) is 4.89. The van der Waals surface area contributed by atoms with Gasteiger partial charge >= 0.3 is 12.1 Å². The first-order chi connectivity index (χ1) is 20.1. The molecular weight excluding hydrogens is 532 g/mol. The molecule has 1 heterocycles. The van der Waals surface area contributed by atoms with Crippen LogP contribution in [0.3, 0.4) is 0 Å². The minimum Gasteiger partial charge on any atom is -0.461 e. The van der Waals surface area contributed by atoms with E-state index in [0.29, 0.717) is 18.5 Å². The number of nitrogens with one attached hydrogen (secondary N) is 1. The zero-order valence-electron chi connectivity index (χ0n) is 26.3. The smallest absolute Gasteiger partial charge is 0.407 e. The lowest BCUT2D eigenvalue weighted by molar-refractivity contribution is -0.692. The van der Waals surface area contributed by atoms with E-state index < -0.39 is 6.09 Å². The molecule has 1 aromatic rings. The van der Waals surface area contributed by atoms with Crippen LogP contribution < -0.4 is 9.88 Å². The van der Waals surface area contributed by atoms with Gasteiger partial charge in [0, 0.05) is 19.4 Å². The standard InChI is InChI=1S/C34H60N2O4S/c1-3-4-5-6-7-8-9-10-11-12-13-14-15-16-19-22-25-35-34(38)40-30-32(2)29-39-33(37)24-21-18-17-20-23-26-36-27-28-41-31-36/h27-28,31H,2-26,29-30H2,1H3/p+1. The van der Waals surface area contributed by atoms with E-state index >= 15 is 0 Å². The second-order valence-electron chi connectivity index (χ2n) is 11.5. The van der Waals surface area contributed by atoms with Crippen LogP contribution in [-0.2, 0) is 20.8 Å². The van der Waals surface area contributed by atoms with Crippen molar-refractivity contribution < 1.29 is 23.6 Å². The highest BCUT2D eigenvalue weighted by Crippen LogP contribution is 2.13. The van der Waals surface area contributed by atoms with Crippen LogP contribution in [0, 0.1) is 0 Å². The molecule has 1 N–H and O–H groups in total. The third-order valence-electron chi connectivity index (χ3n) is 7.47. The van der Waals surface area contributed by atoms with Gasteiger partial charge in [0.2, 0.25) is 5.51 Å². The lowest BCUT2D eigenvalue weighted by Gasteiger charge is -2.10. The number of aromatic nitrogens is 1. The highest BCUT2D eigenvalue weighted by molar-refractivity contribution is 7.07. The quantitative estimate of drug-likeness (QED) is 0.0435. The normalized spacial score (nSPS) is 11.0. The Labute approximate surface area is 255 Å². The molecule has 0 fully saturated rings. The number of esters is 1. The molecule has 0 unspecified atom stereocenters. The van der Waals surface area contributed by atoms with Gasteiger partial charge in [-0.25, -0.2) is 4.79 Å². The zero-order chi connectivity index (χ0) is 29.6. The third-order valence-corrected chi connectivity index (χ3v) is 8.14. The Morgan fingerprint density at radius 2 is 1.22 bits per heavy atom. The van der Waals surface area contributed by atoms with Crippen molar-refractivity contribution in [1.29, 1.82) is 0 Å². The fraction of sp³-hybridized carbons (Fsp3) is 0.794. The molecule has 1 rings (SSSR count). The molecule has 0 atom stereocenters. The van der Waals surface area contributed by atoms with Gasteiger partial charge in [-0.2, -0.15) is 4.57 Å². The number of rotatable bonds is 29. The summed E-state index contributed by atoms with van der Waals surface area (Å²) in [5.74, 6) is -0.215. The summed E-state index contributed by atoms with van der Waals surface area (Å²) in [4.78, 5) is 23.8. The number of carbonyl (C=O) groups excluding carboxylic acids is 2. The predicted molar refractivity (Wildman–Crippen MR) is 171 cm³/mol. The molecule has 0 saturated carbocycles. The number of alkyl carbamates (subject to hydrolysis) is 1. The van der Waals surface area contributed by atoms with Crippen molar-refractivity contribution in [3.05, 3.63) is 29.2 Å². The van der Waals surface area contributed by atoms with Crippen LogP contribution in [0.2, 0.25) is 0 Å². The van der Waals surface area contributed by atoms with E-state index in [2.05, 4.69) is 40.5 Å². The summed E-state index contributed by atoms with van der Waals surface area (Å²) in [5.41, 5.74) is 2.71. The topological polar surface area (TPSA) is 68.5 Å². The largest absolute Gasteiger partial charge is 0.461 e. The van der Waals surface area contributed by atoms with Crippen molar-refractivity contribution in [1.82, 2.24) is 5.32 Å². The number of thiazole rings is 1. The van der Waals surface area contributed by atoms with Gasteiger partial charge in [0.1, 0.15) is 19.8 Å². The van der Waals surface area contributed by atoms with E-state index in [0.717, 1.165) is 38.6 Å². The molecule has 0 aliphatic rings. The Balaban J connectivity index is 1.79. The van der Waals surface area contributed by atoms with E-state index in [4.69, 9.17) is 9.47 Å². The highest BCUT2D eigenvalue weighted by Gasteiger charge is 2.07. The summed E-state index contributed by atoms with van der Waals surface area (Å²) < 4.78 is 12.7. The zero-order valence-corrected chi connectivity index (χ0v) is 27.1. The number of hydrogen-bond donors (Lipinski definition) is 1. The van der Waals surface area contributed by atoms with Gasteiger partial charge in [-0.15, -0.1) is 0 Å². The Bertz CT molecular complexity index is 754. The molecule has 0 bridgehead atoms. The van der Waals surface area contributed by atoms with Crippen molar-refractivity contribution in [2.45, 2.75) is 155 Å². The molecule has 0 aliphatic carbocycles.